The molecule has 0 spiro atoms. The highest BCUT2D eigenvalue weighted by Gasteiger charge is 2.21. The first kappa shape index (κ1) is 12.6. The van der Waals surface area contributed by atoms with Gasteiger partial charge in [-0.2, -0.15) is 0 Å². The van der Waals surface area contributed by atoms with Crippen molar-refractivity contribution in [2.75, 3.05) is 26.2 Å². The standard InChI is InChI=1S/C13H16ClFN2/c1-2-13(17-7-5-16-6-8-17)11-4-3-10(15)9-12(11)14/h2-4,9,13,16H,1,5-8H2/t13-/m1/s1. The fourth-order valence-electron chi connectivity index (χ4n) is 2.17. The Morgan fingerprint density at radius 3 is 2.71 bits per heavy atom. The van der Waals surface area contributed by atoms with Crippen LogP contribution in [0.3, 0.4) is 0 Å². The number of nitrogens with one attached hydrogen (secondary N) is 1. The number of nitrogens with zero attached hydrogens (tertiary/aromatic N) is 1. The molecule has 0 aromatic heterocycles. The Bertz CT molecular complexity index is 402. The van der Waals surface area contributed by atoms with Crippen LogP contribution in [0.1, 0.15) is 11.6 Å². The van der Waals surface area contributed by atoms with Gasteiger partial charge in [0.05, 0.1) is 6.04 Å². The molecule has 0 bridgehead atoms. The molecule has 0 radical (unpaired) electrons. The van der Waals surface area contributed by atoms with Crippen molar-refractivity contribution in [3.05, 3.63) is 47.3 Å². The highest BCUT2D eigenvalue weighted by molar-refractivity contribution is 6.31. The van der Waals surface area contributed by atoms with E-state index in [0.717, 1.165) is 31.7 Å². The van der Waals surface area contributed by atoms with Crippen LogP contribution < -0.4 is 5.32 Å². The Balaban J connectivity index is 2.24. The van der Waals surface area contributed by atoms with Gasteiger partial charge in [0.15, 0.2) is 0 Å². The monoisotopic (exact) mass is 254 g/mol. The maximum absolute atomic E-state index is 13.0. The molecular formula is C13H16ClFN2. The third-order valence-electron chi connectivity index (χ3n) is 3.05. The zero-order chi connectivity index (χ0) is 12.3. The van der Waals surface area contributed by atoms with E-state index in [1.54, 1.807) is 6.07 Å². The van der Waals surface area contributed by atoms with Crippen LogP contribution in [0, 0.1) is 5.82 Å². The molecule has 1 heterocycles. The Kier molecular flexibility index (Phi) is 4.15. The van der Waals surface area contributed by atoms with Gasteiger partial charge in [-0.25, -0.2) is 4.39 Å². The summed E-state index contributed by atoms with van der Waals surface area (Å²) in [5.41, 5.74) is 0.921. The minimum atomic E-state index is -0.304. The number of benzene rings is 1. The van der Waals surface area contributed by atoms with Crippen LogP contribution in [0.25, 0.3) is 0 Å². The van der Waals surface area contributed by atoms with Crippen molar-refractivity contribution in [3.8, 4) is 0 Å². The van der Waals surface area contributed by atoms with E-state index in [1.165, 1.54) is 12.1 Å². The second-order valence-electron chi connectivity index (χ2n) is 4.13. The van der Waals surface area contributed by atoms with Gasteiger partial charge >= 0.3 is 0 Å². The van der Waals surface area contributed by atoms with E-state index in [2.05, 4.69) is 16.8 Å². The Hall–Kier alpha value is -0.900. The Morgan fingerprint density at radius 2 is 2.12 bits per heavy atom. The normalized spacial score (nSPS) is 18.9. The molecule has 1 aromatic carbocycles. The minimum Gasteiger partial charge on any atom is -0.314 e. The maximum Gasteiger partial charge on any atom is 0.124 e. The van der Waals surface area contributed by atoms with Crippen LogP contribution in [0.5, 0.6) is 0 Å². The van der Waals surface area contributed by atoms with Crippen molar-refractivity contribution in [1.82, 2.24) is 10.2 Å². The molecular weight excluding hydrogens is 239 g/mol. The van der Waals surface area contributed by atoms with Gasteiger partial charge in [-0.05, 0) is 17.7 Å². The molecule has 1 aliphatic rings. The zero-order valence-corrected chi connectivity index (χ0v) is 10.4. The van der Waals surface area contributed by atoms with E-state index in [-0.39, 0.29) is 11.9 Å². The van der Waals surface area contributed by atoms with Crippen LogP contribution in [0.15, 0.2) is 30.9 Å². The molecule has 1 atom stereocenters. The maximum atomic E-state index is 13.0. The first-order valence-electron chi connectivity index (χ1n) is 5.74. The zero-order valence-electron chi connectivity index (χ0n) is 9.63. The quantitative estimate of drug-likeness (QED) is 0.835. The first-order valence-corrected chi connectivity index (χ1v) is 6.12. The topological polar surface area (TPSA) is 15.3 Å². The summed E-state index contributed by atoms with van der Waals surface area (Å²) in [5.74, 6) is -0.304. The molecule has 92 valence electrons. The molecule has 1 N–H and O–H groups in total. The second-order valence-corrected chi connectivity index (χ2v) is 4.54. The number of hydrogen-bond donors (Lipinski definition) is 1. The molecule has 0 amide bonds. The van der Waals surface area contributed by atoms with E-state index in [9.17, 15) is 4.39 Å². The summed E-state index contributed by atoms with van der Waals surface area (Å²) >= 11 is 6.09. The molecule has 2 rings (SSSR count). The van der Waals surface area contributed by atoms with E-state index >= 15 is 0 Å². The van der Waals surface area contributed by atoms with Gasteiger partial charge in [-0.15, -0.1) is 6.58 Å². The largest absolute Gasteiger partial charge is 0.314 e. The smallest absolute Gasteiger partial charge is 0.124 e. The van der Waals surface area contributed by atoms with Crippen molar-refractivity contribution < 1.29 is 4.39 Å². The minimum absolute atomic E-state index is 0.0604. The number of rotatable bonds is 3. The molecule has 0 saturated carbocycles. The van der Waals surface area contributed by atoms with Gasteiger partial charge in [0.25, 0.3) is 0 Å². The average molecular weight is 255 g/mol. The molecule has 17 heavy (non-hydrogen) atoms. The lowest BCUT2D eigenvalue weighted by molar-refractivity contribution is 0.203. The van der Waals surface area contributed by atoms with E-state index in [1.807, 2.05) is 6.08 Å². The number of halogens is 2. The molecule has 1 saturated heterocycles. The molecule has 0 aliphatic carbocycles. The molecule has 2 nitrogen and oxygen atoms in total. The highest BCUT2D eigenvalue weighted by Crippen LogP contribution is 2.29. The van der Waals surface area contributed by atoms with Gasteiger partial charge in [0.2, 0.25) is 0 Å². The van der Waals surface area contributed by atoms with Crippen molar-refractivity contribution in [3.63, 3.8) is 0 Å². The van der Waals surface area contributed by atoms with Crippen LogP contribution in [0.4, 0.5) is 4.39 Å². The molecule has 1 fully saturated rings. The van der Waals surface area contributed by atoms with E-state index in [0.29, 0.717) is 5.02 Å². The number of piperazine rings is 1. The van der Waals surface area contributed by atoms with Crippen molar-refractivity contribution in [2.45, 2.75) is 6.04 Å². The highest BCUT2D eigenvalue weighted by atomic mass is 35.5. The molecule has 1 aromatic rings. The Labute approximate surface area is 106 Å². The first-order chi connectivity index (χ1) is 8.22. The van der Waals surface area contributed by atoms with E-state index in [4.69, 9.17) is 11.6 Å². The van der Waals surface area contributed by atoms with Gasteiger partial charge < -0.3 is 5.32 Å². The summed E-state index contributed by atoms with van der Waals surface area (Å²) in [5, 5.41) is 3.77. The second kappa shape index (κ2) is 5.63. The van der Waals surface area contributed by atoms with Crippen LogP contribution >= 0.6 is 11.6 Å². The van der Waals surface area contributed by atoms with Crippen LogP contribution in [-0.2, 0) is 0 Å². The van der Waals surface area contributed by atoms with Crippen LogP contribution in [0.2, 0.25) is 5.02 Å². The summed E-state index contributed by atoms with van der Waals surface area (Å²) in [4.78, 5) is 2.29. The van der Waals surface area contributed by atoms with E-state index < -0.39 is 0 Å². The Morgan fingerprint density at radius 1 is 1.41 bits per heavy atom. The lowest BCUT2D eigenvalue weighted by atomic mass is 10.0. The predicted molar refractivity (Wildman–Crippen MR) is 68.8 cm³/mol. The van der Waals surface area contributed by atoms with Crippen molar-refractivity contribution >= 4 is 11.6 Å². The molecule has 4 heteroatoms. The summed E-state index contributed by atoms with van der Waals surface area (Å²) in [6.45, 7) is 7.68. The van der Waals surface area contributed by atoms with Gasteiger partial charge in [0, 0.05) is 31.2 Å². The average Bonchev–Trinajstić information content (AvgIpc) is 2.34. The third kappa shape index (κ3) is 2.86. The summed E-state index contributed by atoms with van der Waals surface area (Å²) in [6, 6.07) is 4.60. The fourth-order valence-corrected chi connectivity index (χ4v) is 2.45. The third-order valence-corrected chi connectivity index (χ3v) is 3.38. The SMILES string of the molecule is C=C[C@H](c1ccc(F)cc1Cl)N1CCNCC1. The van der Waals surface area contributed by atoms with Crippen LogP contribution in [-0.4, -0.2) is 31.1 Å². The molecule has 1 aliphatic heterocycles. The lowest BCUT2D eigenvalue weighted by Gasteiger charge is -2.33. The van der Waals surface area contributed by atoms with Crippen molar-refractivity contribution in [1.29, 1.82) is 0 Å². The lowest BCUT2D eigenvalue weighted by Crippen LogP contribution is -2.44. The summed E-state index contributed by atoms with van der Waals surface area (Å²) in [7, 11) is 0. The molecule has 0 unspecified atom stereocenters. The predicted octanol–water partition coefficient (Wildman–Crippen LogP) is 2.61. The van der Waals surface area contributed by atoms with Gasteiger partial charge in [-0.1, -0.05) is 23.7 Å². The fraction of sp³-hybridized carbons (Fsp3) is 0.385. The summed E-state index contributed by atoms with van der Waals surface area (Å²) in [6.07, 6.45) is 1.87. The van der Waals surface area contributed by atoms with Gasteiger partial charge in [0.1, 0.15) is 5.82 Å². The summed E-state index contributed by atoms with van der Waals surface area (Å²) < 4.78 is 13.0. The van der Waals surface area contributed by atoms with Gasteiger partial charge in [-0.3, -0.25) is 4.90 Å². The number of hydrogen-bond acceptors (Lipinski definition) is 2. The van der Waals surface area contributed by atoms with Crippen molar-refractivity contribution in [2.24, 2.45) is 0 Å².